The Hall–Kier alpha value is -2.43. The summed E-state index contributed by atoms with van der Waals surface area (Å²) in [4.78, 5) is 9.72. The Labute approximate surface area is 96.8 Å². The lowest BCUT2D eigenvalue weighted by Crippen LogP contribution is -1.95. The zero-order valence-corrected chi connectivity index (χ0v) is 8.79. The lowest BCUT2D eigenvalue weighted by Gasteiger charge is -2.05. The fourth-order valence-corrected chi connectivity index (χ4v) is 1.50. The standard InChI is InChI=1S/C12H9FN2O2/c13-10-3-5-12(6-4-10)14-8-1-2-11(14)7-9-15(16)17/h1-9H. The second kappa shape index (κ2) is 4.61. The summed E-state index contributed by atoms with van der Waals surface area (Å²) >= 11 is 0. The average Bonchev–Trinajstić information content (AvgIpc) is 2.75. The molecule has 0 aliphatic heterocycles. The van der Waals surface area contributed by atoms with Crippen LogP contribution in [0.1, 0.15) is 5.69 Å². The van der Waals surface area contributed by atoms with Crippen LogP contribution in [-0.2, 0) is 0 Å². The number of rotatable bonds is 3. The van der Waals surface area contributed by atoms with Crippen LogP contribution in [0.15, 0.2) is 48.8 Å². The molecule has 0 radical (unpaired) electrons. The first kappa shape index (κ1) is 11.1. The maximum Gasteiger partial charge on any atom is 0.236 e. The van der Waals surface area contributed by atoms with Crippen molar-refractivity contribution in [3.8, 4) is 5.69 Å². The van der Waals surface area contributed by atoms with Gasteiger partial charge in [-0.1, -0.05) is 0 Å². The van der Waals surface area contributed by atoms with Crippen LogP contribution in [0.25, 0.3) is 11.8 Å². The molecule has 0 saturated carbocycles. The van der Waals surface area contributed by atoms with Gasteiger partial charge in [0, 0.05) is 18.0 Å². The minimum absolute atomic E-state index is 0.316. The Morgan fingerprint density at radius 1 is 1.24 bits per heavy atom. The summed E-state index contributed by atoms with van der Waals surface area (Å²) in [6.45, 7) is 0. The second-order valence-electron chi connectivity index (χ2n) is 3.38. The molecular weight excluding hydrogens is 223 g/mol. The van der Waals surface area contributed by atoms with E-state index in [-0.39, 0.29) is 5.82 Å². The molecule has 0 aliphatic rings. The van der Waals surface area contributed by atoms with Crippen LogP contribution in [0.5, 0.6) is 0 Å². The summed E-state index contributed by atoms with van der Waals surface area (Å²) in [6, 6.07) is 9.41. The first-order chi connectivity index (χ1) is 8.16. The molecule has 17 heavy (non-hydrogen) atoms. The Morgan fingerprint density at radius 3 is 2.59 bits per heavy atom. The maximum atomic E-state index is 12.8. The van der Waals surface area contributed by atoms with E-state index in [0.717, 1.165) is 11.9 Å². The van der Waals surface area contributed by atoms with E-state index in [4.69, 9.17) is 0 Å². The number of benzene rings is 1. The summed E-state index contributed by atoms with van der Waals surface area (Å²) in [5.74, 6) is -0.316. The summed E-state index contributed by atoms with van der Waals surface area (Å²) < 4.78 is 14.5. The predicted molar refractivity (Wildman–Crippen MR) is 61.8 cm³/mol. The fourth-order valence-electron chi connectivity index (χ4n) is 1.50. The third kappa shape index (κ3) is 2.57. The molecule has 4 nitrogen and oxygen atoms in total. The highest BCUT2D eigenvalue weighted by Gasteiger charge is 2.01. The highest BCUT2D eigenvalue weighted by molar-refractivity contribution is 5.49. The molecule has 1 aromatic carbocycles. The Bertz CT molecular complexity index is 558. The van der Waals surface area contributed by atoms with E-state index >= 15 is 0 Å². The van der Waals surface area contributed by atoms with Crippen LogP contribution in [0.2, 0.25) is 0 Å². The third-order valence-electron chi connectivity index (χ3n) is 2.25. The molecule has 5 heteroatoms. The van der Waals surface area contributed by atoms with Gasteiger partial charge in [-0.15, -0.1) is 0 Å². The number of nitrogens with zero attached hydrogens (tertiary/aromatic N) is 2. The fraction of sp³-hybridized carbons (Fsp3) is 0. The van der Waals surface area contributed by atoms with Crippen molar-refractivity contribution in [2.45, 2.75) is 0 Å². The molecule has 2 rings (SSSR count). The maximum absolute atomic E-state index is 12.8. The van der Waals surface area contributed by atoms with Gasteiger partial charge < -0.3 is 4.57 Å². The van der Waals surface area contributed by atoms with Gasteiger partial charge in [-0.05, 0) is 36.4 Å². The van der Waals surface area contributed by atoms with Crippen LogP contribution >= 0.6 is 0 Å². The monoisotopic (exact) mass is 232 g/mol. The van der Waals surface area contributed by atoms with Crippen molar-refractivity contribution in [3.05, 3.63) is 70.4 Å². The van der Waals surface area contributed by atoms with Gasteiger partial charge in [0.05, 0.1) is 10.6 Å². The molecule has 2 aromatic rings. The predicted octanol–water partition coefficient (Wildman–Crippen LogP) is 2.86. The van der Waals surface area contributed by atoms with Gasteiger partial charge in [0.25, 0.3) is 0 Å². The molecule has 1 heterocycles. The van der Waals surface area contributed by atoms with Gasteiger partial charge >= 0.3 is 0 Å². The van der Waals surface area contributed by atoms with Crippen LogP contribution in [0.3, 0.4) is 0 Å². The van der Waals surface area contributed by atoms with E-state index in [2.05, 4.69) is 0 Å². The van der Waals surface area contributed by atoms with Crippen molar-refractivity contribution in [1.29, 1.82) is 0 Å². The lowest BCUT2D eigenvalue weighted by molar-refractivity contribution is -0.401. The van der Waals surface area contributed by atoms with Gasteiger partial charge in [-0.2, -0.15) is 0 Å². The van der Waals surface area contributed by atoms with Crippen molar-refractivity contribution in [3.63, 3.8) is 0 Å². The highest BCUT2D eigenvalue weighted by Crippen LogP contribution is 2.14. The van der Waals surface area contributed by atoms with E-state index in [1.807, 2.05) is 0 Å². The van der Waals surface area contributed by atoms with Crippen LogP contribution in [0.4, 0.5) is 4.39 Å². The molecule has 0 aliphatic carbocycles. The Morgan fingerprint density at radius 2 is 1.94 bits per heavy atom. The molecule has 0 bridgehead atoms. The van der Waals surface area contributed by atoms with E-state index < -0.39 is 4.92 Å². The molecule has 0 spiro atoms. The van der Waals surface area contributed by atoms with Gasteiger partial charge in [-0.3, -0.25) is 10.1 Å². The average molecular weight is 232 g/mol. The minimum atomic E-state index is -0.526. The van der Waals surface area contributed by atoms with Crippen molar-refractivity contribution in [2.75, 3.05) is 0 Å². The number of nitro groups is 1. The first-order valence-electron chi connectivity index (χ1n) is 4.92. The largest absolute Gasteiger partial charge is 0.317 e. The normalized spacial score (nSPS) is 10.9. The van der Waals surface area contributed by atoms with Crippen LogP contribution < -0.4 is 0 Å². The van der Waals surface area contributed by atoms with Crippen LogP contribution in [0, 0.1) is 15.9 Å². The van der Waals surface area contributed by atoms with E-state index in [1.165, 1.54) is 18.2 Å². The zero-order chi connectivity index (χ0) is 12.3. The third-order valence-corrected chi connectivity index (χ3v) is 2.25. The number of halogens is 1. The summed E-state index contributed by atoms with van der Waals surface area (Å²) in [7, 11) is 0. The Balaban J connectivity index is 2.36. The number of hydrogen-bond donors (Lipinski definition) is 0. The van der Waals surface area contributed by atoms with E-state index in [9.17, 15) is 14.5 Å². The number of aromatic nitrogens is 1. The molecule has 0 atom stereocenters. The van der Waals surface area contributed by atoms with Crippen molar-refractivity contribution in [1.82, 2.24) is 4.57 Å². The summed E-state index contributed by atoms with van der Waals surface area (Å²) in [6.07, 6.45) is 4.02. The van der Waals surface area contributed by atoms with Gasteiger partial charge in [-0.25, -0.2) is 4.39 Å². The smallest absolute Gasteiger partial charge is 0.236 e. The van der Waals surface area contributed by atoms with Gasteiger partial charge in [0.2, 0.25) is 6.20 Å². The molecule has 0 saturated heterocycles. The molecule has 0 amide bonds. The van der Waals surface area contributed by atoms with E-state index in [1.54, 1.807) is 35.0 Å². The topological polar surface area (TPSA) is 48.1 Å². The SMILES string of the molecule is O=[N+]([O-])C=Cc1cccn1-c1ccc(F)cc1. The van der Waals surface area contributed by atoms with Crippen molar-refractivity contribution < 1.29 is 9.31 Å². The van der Waals surface area contributed by atoms with E-state index in [0.29, 0.717) is 5.69 Å². The molecule has 86 valence electrons. The molecular formula is C12H9FN2O2. The first-order valence-corrected chi connectivity index (χ1v) is 4.92. The second-order valence-corrected chi connectivity index (χ2v) is 3.38. The molecule has 0 N–H and O–H groups in total. The lowest BCUT2D eigenvalue weighted by atomic mass is 10.3. The summed E-state index contributed by atoms with van der Waals surface area (Å²) in [5, 5.41) is 10.2. The minimum Gasteiger partial charge on any atom is -0.317 e. The van der Waals surface area contributed by atoms with Gasteiger partial charge in [0.1, 0.15) is 5.82 Å². The summed E-state index contributed by atoms with van der Waals surface area (Å²) in [5.41, 5.74) is 1.41. The van der Waals surface area contributed by atoms with Crippen LogP contribution in [-0.4, -0.2) is 9.49 Å². The van der Waals surface area contributed by atoms with Gasteiger partial charge in [0.15, 0.2) is 0 Å². The van der Waals surface area contributed by atoms with Crippen molar-refractivity contribution in [2.24, 2.45) is 0 Å². The number of hydrogen-bond acceptors (Lipinski definition) is 2. The molecule has 1 aromatic heterocycles. The Kier molecular flexibility index (Phi) is 3.00. The molecule has 0 unspecified atom stereocenters. The zero-order valence-electron chi connectivity index (χ0n) is 8.79. The quantitative estimate of drug-likeness (QED) is 0.603. The van der Waals surface area contributed by atoms with Crippen molar-refractivity contribution >= 4 is 6.08 Å². The molecule has 0 fully saturated rings. The highest BCUT2D eigenvalue weighted by atomic mass is 19.1.